The van der Waals surface area contributed by atoms with Gasteiger partial charge >= 0.3 is 11.9 Å². The molecule has 4 aliphatic carbocycles. The summed E-state index contributed by atoms with van der Waals surface area (Å²) in [6.07, 6.45) is 29.7. The molecule has 0 aliphatic heterocycles. The number of fused-ring (bicyclic) bond motifs is 2. The average molecular weight is 728 g/mol. The summed E-state index contributed by atoms with van der Waals surface area (Å²) < 4.78 is 13.5. The van der Waals surface area contributed by atoms with E-state index in [1.54, 1.807) is 0 Å². The Hall–Kier alpha value is -1.54. The zero-order valence-electron chi connectivity index (χ0n) is 32.8. The van der Waals surface area contributed by atoms with Gasteiger partial charge in [-0.3, -0.25) is 9.59 Å². The largest absolute Gasteiger partial charge is 0.465 e. The van der Waals surface area contributed by atoms with Crippen molar-refractivity contribution in [3.05, 3.63) is 18.7 Å². The van der Waals surface area contributed by atoms with Crippen LogP contribution in [0.4, 0.5) is 0 Å². The number of esters is 2. The molecular formula is C43H73N3O4S. The number of aromatic nitrogens is 2. The lowest BCUT2D eigenvalue weighted by Crippen LogP contribution is -2.64. The molecule has 1 heterocycles. The molecule has 0 N–H and O–H groups in total. The Morgan fingerprint density at radius 2 is 1.39 bits per heavy atom. The predicted octanol–water partition coefficient (Wildman–Crippen LogP) is 9.97. The van der Waals surface area contributed by atoms with Crippen molar-refractivity contribution in [2.45, 2.75) is 156 Å². The van der Waals surface area contributed by atoms with Crippen LogP contribution in [0.3, 0.4) is 0 Å². The van der Waals surface area contributed by atoms with Crippen LogP contribution in [0.5, 0.6) is 0 Å². The highest BCUT2D eigenvalue weighted by molar-refractivity contribution is 7.99. The fourth-order valence-electron chi connectivity index (χ4n) is 11.0. The summed E-state index contributed by atoms with van der Waals surface area (Å²) in [5.74, 6) is 6.61. The molecule has 51 heavy (non-hydrogen) atoms. The summed E-state index contributed by atoms with van der Waals surface area (Å²) in [5, 5.41) is 0. The van der Waals surface area contributed by atoms with Gasteiger partial charge in [-0.1, -0.05) is 111 Å². The van der Waals surface area contributed by atoms with E-state index in [0.717, 1.165) is 105 Å². The quantitative estimate of drug-likeness (QED) is 0.0527. The van der Waals surface area contributed by atoms with E-state index in [-0.39, 0.29) is 17.4 Å². The molecule has 7 unspecified atom stereocenters. The number of hydrogen-bond donors (Lipinski definition) is 0. The maximum Gasteiger partial charge on any atom is 0.307 e. The van der Waals surface area contributed by atoms with Crippen LogP contribution in [0.15, 0.2) is 18.7 Å². The highest BCUT2D eigenvalue weighted by Gasteiger charge is 3.07. The number of nitrogens with zero attached hydrogens (tertiary/aromatic N) is 3. The van der Waals surface area contributed by atoms with Crippen LogP contribution in [0.2, 0.25) is 0 Å². The molecule has 7 nitrogen and oxygen atoms in total. The number of thioether (sulfide) groups is 1. The molecule has 0 radical (unpaired) electrons. The Labute approximate surface area is 315 Å². The molecule has 1 spiro atoms. The summed E-state index contributed by atoms with van der Waals surface area (Å²) in [7, 11) is 0. The molecule has 4 aliphatic rings. The third-order valence-electron chi connectivity index (χ3n) is 13.4. The smallest absolute Gasteiger partial charge is 0.307 e. The number of hydrogen-bond acceptors (Lipinski definition) is 7. The van der Waals surface area contributed by atoms with Crippen molar-refractivity contribution in [1.29, 1.82) is 0 Å². The van der Waals surface area contributed by atoms with E-state index >= 15 is 0 Å². The fourth-order valence-corrected chi connectivity index (χ4v) is 11.8. The van der Waals surface area contributed by atoms with Crippen molar-refractivity contribution >= 4 is 23.7 Å². The predicted molar refractivity (Wildman–Crippen MR) is 210 cm³/mol. The van der Waals surface area contributed by atoms with E-state index in [1.807, 2.05) is 30.5 Å². The molecule has 1 aromatic heterocycles. The van der Waals surface area contributed by atoms with Gasteiger partial charge in [0.2, 0.25) is 0 Å². The van der Waals surface area contributed by atoms with E-state index < -0.39 is 0 Å². The number of imidazole rings is 1. The van der Waals surface area contributed by atoms with Gasteiger partial charge in [0, 0.05) is 43.1 Å². The second kappa shape index (κ2) is 20.8. The fraction of sp³-hybridized carbons (Fsp3) is 0.884. The molecule has 290 valence electrons. The summed E-state index contributed by atoms with van der Waals surface area (Å²) in [6, 6.07) is 0. The molecule has 7 atom stereocenters. The van der Waals surface area contributed by atoms with Crippen LogP contribution in [0, 0.1) is 40.4 Å². The van der Waals surface area contributed by atoms with Gasteiger partial charge in [-0.25, -0.2) is 4.98 Å². The van der Waals surface area contributed by atoms with Gasteiger partial charge in [-0.15, -0.1) is 0 Å². The lowest BCUT2D eigenvalue weighted by Gasteiger charge is -2.65. The van der Waals surface area contributed by atoms with Crippen LogP contribution in [-0.2, 0) is 25.6 Å². The first-order valence-electron chi connectivity index (χ1n) is 21.5. The normalized spacial score (nSPS) is 27.7. The molecule has 0 aromatic carbocycles. The zero-order valence-corrected chi connectivity index (χ0v) is 33.6. The van der Waals surface area contributed by atoms with Crippen molar-refractivity contribution in [2.24, 2.45) is 40.4 Å². The number of unbranched alkanes of at least 4 members (excludes halogenated alkanes) is 15. The van der Waals surface area contributed by atoms with Crippen molar-refractivity contribution < 1.29 is 19.1 Å². The molecule has 8 heteroatoms. The van der Waals surface area contributed by atoms with Gasteiger partial charge in [0.05, 0.1) is 19.4 Å². The molecule has 4 fully saturated rings. The van der Waals surface area contributed by atoms with Crippen LogP contribution in [0.1, 0.15) is 149 Å². The third kappa shape index (κ3) is 10.8. The summed E-state index contributed by atoms with van der Waals surface area (Å²) in [6.45, 7) is 11.9. The van der Waals surface area contributed by atoms with Crippen molar-refractivity contribution in [1.82, 2.24) is 14.5 Å². The number of carbonyl (C=O) groups is 2. The number of ether oxygens (including phenoxy) is 2. The maximum absolute atomic E-state index is 12.5. The first kappa shape index (κ1) is 40.6. The highest BCUT2D eigenvalue weighted by Crippen LogP contribution is 3.09. The summed E-state index contributed by atoms with van der Waals surface area (Å²) >= 11 is 1.92. The first-order chi connectivity index (χ1) is 24.9. The minimum Gasteiger partial charge on any atom is -0.465 e. The van der Waals surface area contributed by atoms with Crippen LogP contribution in [0.25, 0.3) is 0 Å². The van der Waals surface area contributed by atoms with Crippen LogP contribution >= 0.6 is 11.8 Å². The Bertz CT molecular complexity index is 1160. The summed E-state index contributed by atoms with van der Waals surface area (Å²) in [5.41, 5.74) is 1.03. The number of carbonyl (C=O) groups excluding carboxylic acids is 2. The third-order valence-corrected chi connectivity index (χ3v) is 14.4. The van der Waals surface area contributed by atoms with Gasteiger partial charge in [-0.2, -0.15) is 11.8 Å². The SMILES string of the molecule is CCCCCCCCCCCCCCSCCOC(=O)CCN(CCCCCCCC(=O)OCC1(C)C2C(C)C3C4C1C342)CCCn1ccnc1. The minimum atomic E-state index is -0.0707. The lowest BCUT2D eigenvalue weighted by atomic mass is 9.39. The topological polar surface area (TPSA) is 73.7 Å². The van der Waals surface area contributed by atoms with Gasteiger partial charge in [0.1, 0.15) is 6.61 Å². The number of rotatable bonds is 33. The van der Waals surface area contributed by atoms with E-state index in [2.05, 4.69) is 35.2 Å². The maximum atomic E-state index is 12.5. The van der Waals surface area contributed by atoms with E-state index in [4.69, 9.17) is 9.47 Å². The van der Waals surface area contributed by atoms with Gasteiger partial charge in [0.15, 0.2) is 0 Å². The second-order valence-corrected chi connectivity index (χ2v) is 18.2. The second-order valence-electron chi connectivity index (χ2n) is 17.0. The minimum absolute atomic E-state index is 0.00385. The average Bonchev–Trinajstić information content (AvgIpc) is 3.83. The zero-order chi connectivity index (χ0) is 35.9. The van der Waals surface area contributed by atoms with Crippen molar-refractivity contribution in [3.8, 4) is 0 Å². The Balaban J connectivity index is 0.825. The van der Waals surface area contributed by atoms with Crippen LogP contribution < -0.4 is 0 Å². The Morgan fingerprint density at radius 3 is 2.06 bits per heavy atom. The van der Waals surface area contributed by atoms with E-state index in [1.165, 1.54) is 82.8 Å². The van der Waals surface area contributed by atoms with Gasteiger partial charge in [0.25, 0.3) is 0 Å². The Kier molecular flexibility index (Phi) is 16.6. The van der Waals surface area contributed by atoms with Crippen molar-refractivity contribution in [2.75, 3.05) is 44.4 Å². The van der Waals surface area contributed by atoms with Crippen molar-refractivity contribution in [3.63, 3.8) is 0 Å². The van der Waals surface area contributed by atoms with Crippen LogP contribution in [-0.4, -0.2) is 70.7 Å². The molecule has 1 aromatic rings. The standard InChI is InChI=1S/C43H73N3O4S/c1-4-5-6-7-8-9-10-11-12-13-17-20-31-51-32-30-49-37(48)23-28-45(26-21-27-46-29-24-44-34-46)25-19-16-14-15-18-22-36(47)50-33-42(3)40-35(2)38-39-41(42)43(38,39)40/h24,29,34-35,38-41H,4-23,25-28,30-33H2,1-3H3. The van der Waals surface area contributed by atoms with Gasteiger partial charge < -0.3 is 18.9 Å². The molecular weight excluding hydrogens is 655 g/mol. The number of aryl methyl sites for hydroxylation is 1. The molecule has 0 amide bonds. The summed E-state index contributed by atoms with van der Waals surface area (Å²) in [4.78, 5) is 31.6. The molecule has 0 saturated heterocycles. The Morgan fingerprint density at radius 1 is 0.745 bits per heavy atom. The van der Waals surface area contributed by atoms with E-state index in [9.17, 15) is 9.59 Å². The van der Waals surface area contributed by atoms with E-state index in [0.29, 0.717) is 26.1 Å². The molecule has 0 bridgehead atoms. The molecule has 5 rings (SSSR count). The van der Waals surface area contributed by atoms with Gasteiger partial charge in [-0.05, 0) is 79.5 Å². The highest BCUT2D eigenvalue weighted by atomic mass is 32.2. The monoisotopic (exact) mass is 728 g/mol. The first-order valence-corrected chi connectivity index (χ1v) is 22.7. The lowest BCUT2D eigenvalue weighted by molar-refractivity contribution is -0.212. The molecule has 4 saturated carbocycles.